The maximum absolute atomic E-state index is 13.7. The number of nitrogens with zero attached hydrogens (tertiary/aromatic N) is 3. The van der Waals surface area contributed by atoms with Gasteiger partial charge in [-0.15, -0.1) is 0 Å². The van der Waals surface area contributed by atoms with E-state index in [-0.39, 0.29) is 17.7 Å². The van der Waals surface area contributed by atoms with Gasteiger partial charge in [-0.2, -0.15) is 4.98 Å². The maximum atomic E-state index is 13.7. The zero-order valence-corrected chi connectivity index (χ0v) is 26.9. The number of piperidine rings is 1. The molecule has 1 aliphatic heterocycles. The molecule has 0 aliphatic carbocycles. The van der Waals surface area contributed by atoms with Crippen molar-refractivity contribution in [1.82, 2.24) is 20.5 Å². The number of aromatic nitrogens is 2. The predicted octanol–water partition coefficient (Wildman–Crippen LogP) is 4.41. The molecule has 2 aromatic carbocycles. The zero-order chi connectivity index (χ0) is 31.7. The highest BCUT2D eigenvalue weighted by Crippen LogP contribution is 2.36. The lowest BCUT2D eigenvalue weighted by molar-refractivity contribution is -0.133. The fourth-order valence-electron chi connectivity index (χ4n) is 5.49. The fourth-order valence-corrected chi connectivity index (χ4v) is 7.44. The molecule has 0 radical (unpaired) electrons. The van der Waals surface area contributed by atoms with Crippen molar-refractivity contribution in [1.29, 1.82) is 0 Å². The van der Waals surface area contributed by atoms with Crippen molar-refractivity contribution in [2.24, 2.45) is 5.92 Å². The van der Waals surface area contributed by atoms with Crippen molar-refractivity contribution in [3.63, 3.8) is 0 Å². The number of likely N-dealkylation sites (tertiary alicyclic amines) is 1. The summed E-state index contributed by atoms with van der Waals surface area (Å²) in [4.78, 5) is 19.3. The van der Waals surface area contributed by atoms with Gasteiger partial charge in [-0.05, 0) is 80.3 Å². The number of methoxy groups -OCH3 is 1. The monoisotopic (exact) mass is 628 g/mol. The highest BCUT2D eigenvalue weighted by Gasteiger charge is 2.52. The highest BCUT2D eigenvalue weighted by molar-refractivity contribution is 7.93. The quantitative estimate of drug-likeness (QED) is 0.141. The van der Waals surface area contributed by atoms with E-state index in [1.165, 1.54) is 17.7 Å². The fraction of sp³-hybridized carbons (Fsp3) is 0.531. The topological polar surface area (TPSA) is 144 Å². The van der Waals surface area contributed by atoms with Gasteiger partial charge in [0.25, 0.3) is 5.91 Å². The summed E-state index contributed by atoms with van der Waals surface area (Å²) in [5.74, 6) is 1.34. The number of sulfone groups is 1. The van der Waals surface area contributed by atoms with Gasteiger partial charge in [0.1, 0.15) is 5.75 Å². The van der Waals surface area contributed by atoms with Gasteiger partial charge in [-0.1, -0.05) is 37.2 Å². The van der Waals surface area contributed by atoms with E-state index < -0.39 is 20.5 Å². The van der Waals surface area contributed by atoms with Crippen molar-refractivity contribution >= 4 is 15.7 Å². The highest BCUT2D eigenvalue weighted by atomic mass is 32.2. The van der Waals surface area contributed by atoms with Crippen LogP contribution in [0.25, 0.3) is 11.4 Å². The molecule has 0 unspecified atom stereocenters. The summed E-state index contributed by atoms with van der Waals surface area (Å²) in [5, 5.41) is 13.6. The summed E-state index contributed by atoms with van der Waals surface area (Å²) in [6, 6.07) is 12.4. The van der Waals surface area contributed by atoms with Gasteiger partial charge in [-0.25, -0.2) is 13.9 Å². The van der Waals surface area contributed by atoms with Gasteiger partial charge in [0, 0.05) is 38.7 Å². The van der Waals surface area contributed by atoms with Crippen LogP contribution in [0.3, 0.4) is 0 Å². The van der Waals surface area contributed by atoms with Crippen LogP contribution in [-0.4, -0.2) is 79.3 Å². The summed E-state index contributed by atoms with van der Waals surface area (Å²) < 4.78 is 42.0. The van der Waals surface area contributed by atoms with Crippen LogP contribution in [0.5, 0.6) is 5.75 Å². The molecular formula is C32H44N4O7S. The maximum Gasteiger partial charge on any atom is 0.265 e. The average Bonchev–Trinajstić information content (AvgIpc) is 3.49. The minimum atomic E-state index is -4.10. The Hall–Kier alpha value is -3.32. The summed E-state index contributed by atoms with van der Waals surface area (Å²) in [6.45, 7) is 8.81. The number of hydrogen-bond donors (Lipinski definition) is 2. The van der Waals surface area contributed by atoms with E-state index in [0.29, 0.717) is 69.1 Å². The lowest BCUT2D eigenvalue weighted by Gasteiger charge is -2.39. The molecule has 2 heterocycles. The third-order valence-electron chi connectivity index (χ3n) is 8.25. The van der Waals surface area contributed by atoms with Crippen LogP contribution in [-0.2, 0) is 32.2 Å². The number of hydrogen-bond acceptors (Lipinski definition) is 10. The van der Waals surface area contributed by atoms with Gasteiger partial charge in [0.2, 0.25) is 11.7 Å². The molecule has 240 valence electrons. The number of aryl methyl sites for hydroxylation is 3. The Morgan fingerprint density at radius 3 is 2.48 bits per heavy atom. The molecule has 2 N–H and O–H groups in total. The normalized spacial score (nSPS) is 15.4. The Morgan fingerprint density at radius 2 is 1.84 bits per heavy atom. The first-order chi connectivity index (χ1) is 21.1. The second kappa shape index (κ2) is 15.1. The molecule has 0 saturated carbocycles. The Balaban J connectivity index is 1.31. The molecule has 4 rings (SSSR count). The first-order valence-corrected chi connectivity index (χ1v) is 16.6. The van der Waals surface area contributed by atoms with Gasteiger partial charge >= 0.3 is 0 Å². The van der Waals surface area contributed by atoms with Crippen LogP contribution >= 0.6 is 0 Å². The summed E-state index contributed by atoms with van der Waals surface area (Å²) >= 11 is 0. The Kier molecular flexibility index (Phi) is 11.5. The van der Waals surface area contributed by atoms with Gasteiger partial charge in [0.15, 0.2) is 14.6 Å². The van der Waals surface area contributed by atoms with Crippen molar-refractivity contribution in [2.45, 2.75) is 68.9 Å². The smallest absolute Gasteiger partial charge is 0.265 e. The second-order valence-corrected chi connectivity index (χ2v) is 14.0. The van der Waals surface area contributed by atoms with Crippen molar-refractivity contribution in [3.8, 4) is 17.1 Å². The number of rotatable bonds is 15. The number of carbonyl (C=O) groups is 1. The van der Waals surface area contributed by atoms with Crippen LogP contribution in [0.1, 0.15) is 56.5 Å². The van der Waals surface area contributed by atoms with E-state index in [4.69, 9.17) is 14.0 Å². The second-order valence-electron chi connectivity index (χ2n) is 11.8. The number of benzene rings is 2. The lowest BCUT2D eigenvalue weighted by Crippen LogP contribution is -2.57. The molecule has 1 fully saturated rings. The van der Waals surface area contributed by atoms with E-state index >= 15 is 0 Å². The Labute approximate surface area is 259 Å². The average molecular weight is 629 g/mol. The molecule has 12 heteroatoms. The molecule has 0 spiro atoms. The van der Waals surface area contributed by atoms with E-state index in [2.05, 4.69) is 49.1 Å². The van der Waals surface area contributed by atoms with Crippen molar-refractivity contribution in [2.75, 3.05) is 40.0 Å². The van der Waals surface area contributed by atoms with E-state index in [0.717, 1.165) is 24.0 Å². The van der Waals surface area contributed by atoms with Gasteiger partial charge < -0.3 is 18.9 Å². The molecule has 1 amide bonds. The standard InChI is InChI=1S/C32H44N4O7S/c1-23(2)7-8-25-9-14-28(24(3)22-25)30-33-29(43-35-30)6-5-20-42-26-10-12-27(13-11-26)44(39,40)32(31(37)34-38)15-17-36(18-16-32)19-21-41-4/h9-14,22-23,38H,5-8,15-21H2,1-4H3,(H,34,37). The van der Waals surface area contributed by atoms with Gasteiger partial charge in [-0.3, -0.25) is 10.0 Å². The number of hydroxylamine groups is 1. The molecule has 1 saturated heterocycles. The number of amides is 1. The van der Waals surface area contributed by atoms with Crippen molar-refractivity contribution in [3.05, 3.63) is 59.5 Å². The van der Waals surface area contributed by atoms with Crippen LogP contribution < -0.4 is 10.2 Å². The van der Waals surface area contributed by atoms with E-state index in [1.54, 1.807) is 24.7 Å². The lowest BCUT2D eigenvalue weighted by atomic mass is 9.95. The third-order valence-corrected chi connectivity index (χ3v) is 10.8. The molecule has 0 atom stereocenters. The predicted molar refractivity (Wildman–Crippen MR) is 165 cm³/mol. The summed E-state index contributed by atoms with van der Waals surface area (Å²) in [6.07, 6.45) is 3.47. The van der Waals surface area contributed by atoms with Gasteiger partial charge in [0.05, 0.1) is 18.1 Å². The zero-order valence-electron chi connectivity index (χ0n) is 26.0. The van der Waals surface area contributed by atoms with E-state index in [1.807, 2.05) is 4.90 Å². The molecular weight excluding hydrogens is 584 g/mol. The number of carbonyl (C=O) groups excluding carboxylic acids is 1. The molecule has 1 aromatic heterocycles. The summed E-state index contributed by atoms with van der Waals surface area (Å²) in [5.41, 5.74) is 4.96. The van der Waals surface area contributed by atoms with Crippen LogP contribution in [0.2, 0.25) is 0 Å². The van der Waals surface area contributed by atoms with E-state index in [9.17, 15) is 18.4 Å². The largest absolute Gasteiger partial charge is 0.494 e. The molecule has 1 aliphatic rings. The van der Waals surface area contributed by atoms with Crippen molar-refractivity contribution < 1.29 is 32.4 Å². The number of nitrogens with one attached hydrogen (secondary N) is 1. The Bertz CT molecular complexity index is 1480. The molecule has 11 nitrogen and oxygen atoms in total. The minimum Gasteiger partial charge on any atom is -0.494 e. The van der Waals surface area contributed by atoms with Crippen LogP contribution in [0.4, 0.5) is 0 Å². The SMILES string of the molecule is COCCN1CCC(C(=O)NO)(S(=O)(=O)c2ccc(OCCCc3nc(-c4ccc(CCC(C)C)cc4C)no3)cc2)CC1. The molecule has 3 aromatic rings. The van der Waals surface area contributed by atoms with Crippen LogP contribution in [0, 0.1) is 12.8 Å². The molecule has 0 bridgehead atoms. The first kappa shape index (κ1) is 33.6. The third kappa shape index (κ3) is 7.84. The number of ether oxygens (including phenoxy) is 2. The minimum absolute atomic E-state index is 0.000397. The van der Waals surface area contributed by atoms with Crippen LogP contribution in [0.15, 0.2) is 51.9 Å². The molecule has 44 heavy (non-hydrogen) atoms. The summed E-state index contributed by atoms with van der Waals surface area (Å²) in [7, 11) is -2.50. The Morgan fingerprint density at radius 1 is 1.11 bits per heavy atom. The first-order valence-electron chi connectivity index (χ1n) is 15.2.